The molecular formula is C23H31N7O2. The van der Waals surface area contributed by atoms with E-state index in [1.165, 1.54) is 12.8 Å². The van der Waals surface area contributed by atoms with E-state index in [2.05, 4.69) is 40.1 Å². The molecule has 5 rings (SSSR count). The molecule has 5 heterocycles. The number of methoxy groups -OCH3 is 1. The van der Waals surface area contributed by atoms with E-state index in [1.54, 1.807) is 13.3 Å². The van der Waals surface area contributed by atoms with Gasteiger partial charge in [-0.05, 0) is 51.9 Å². The van der Waals surface area contributed by atoms with Crippen molar-refractivity contribution in [2.24, 2.45) is 5.92 Å². The van der Waals surface area contributed by atoms with E-state index >= 15 is 0 Å². The van der Waals surface area contributed by atoms with Crippen molar-refractivity contribution in [1.82, 2.24) is 29.4 Å². The summed E-state index contributed by atoms with van der Waals surface area (Å²) in [5.41, 5.74) is 3.99. The van der Waals surface area contributed by atoms with Gasteiger partial charge in [0.1, 0.15) is 18.2 Å². The van der Waals surface area contributed by atoms with Crippen molar-refractivity contribution in [1.29, 1.82) is 0 Å². The summed E-state index contributed by atoms with van der Waals surface area (Å²) in [6, 6.07) is 4.17. The summed E-state index contributed by atoms with van der Waals surface area (Å²) >= 11 is 0. The maximum absolute atomic E-state index is 5.67. The molecule has 0 aliphatic carbocycles. The first-order chi connectivity index (χ1) is 15.6. The van der Waals surface area contributed by atoms with Gasteiger partial charge in [0, 0.05) is 29.8 Å². The highest BCUT2D eigenvalue weighted by molar-refractivity contribution is 5.70. The fourth-order valence-electron chi connectivity index (χ4n) is 4.68. The number of nitrogens with one attached hydrogen (secondary N) is 1. The highest BCUT2D eigenvalue weighted by Crippen LogP contribution is 2.34. The lowest BCUT2D eigenvalue weighted by molar-refractivity contribution is 0.159. The normalized spacial score (nSPS) is 18.6. The third-order valence-electron chi connectivity index (χ3n) is 6.73. The van der Waals surface area contributed by atoms with Crippen molar-refractivity contribution >= 4 is 5.82 Å². The number of aromatic nitrogens is 5. The van der Waals surface area contributed by atoms with Crippen molar-refractivity contribution in [2.45, 2.75) is 32.2 Å². The number of hydrogen-bond donors (Lipinski definition) is 1. The largest absolute Gasteiger partial charge is 0.481 e. The topological polar surface area (TPSA) is 82.3 Å². The molecule has 3 aromatic heterocycles. The third kappa shape index (κ3) is 3.98. The average Bonchev–Trinajstić information content (AvgIpc) is 3.37. The second kappa shape index (κ2) is 8.91. The predicted molar refractivity (Wildman–Crippen MR) is 122 cm³/mol. The third-order valence-corrected chi connectivity index (χ3v) is 6.73. The molecule has 0 aromatic carbocycles. The molecule has 0 amide bonds. The van der Waals surface area contributed by atoms with Crippen molar-refractivity contribution in [3.63, 3.8) is 0 Å². The van der Waals surface area contributed by atoms with E-state index in [4.69, 9.17) is 19.7 Å². The second-order valence-electron chi connectivity index (χ2n) is 8.72. The molecule has 0 bridgehead atoms. The Morgan fingerprint density at radius 1 is 1.22 bits per heavy atom. The second-order valence-corrected chi connectivity index (χ2v) is 8.72. The van der Waals surface area contributed by atoms with Crippen LogP contribution in [0.2, 0.25) is 0 Å². The summed E-state index contributed by atoms with van der Waals surface area (Å²) in [7, 11) is 3.81. The molecule has 1 saturated heterocycles. The van der Waals surface area contributed by atoms with Gasteiger partial charge in [-0.2, -0.15) is 10.2 Å². The lowest BCUT2D eigenvalue weighted by Gasteiger charge is -2.32. The van der Waals surface area contributed by atoms with Gasteiger partial charge in [0.25, 0.3) is 0 Å². The number of ether oxygens (including phenoxy) is 2. The molecule has 1 atom stereocenters. The molecule has 170 valence electrons. The minimum atomic E-state index is 0.366. The van der Waals surface area contributed by atoms with Crippen LogP contribution in [0.25, 0.3) is 16.9 Å². The lowest BCUT2D eigenvalue weighted by Crippen LogP contribution is -2.33. The minimum absolute atomic E-state index is 0.366. The average molecular weight is 438 g/mol. The van der Waals surface area contributed by atoms with Crippen LogP contribution in [0, 0.1) is 5.92 Å². The summed E-state index contributed by atoms with van der Waals surface area (Å²) in [6.07, 6.45) is 9.07. The molecular weight excluding hydrogens is 406 g/mol. The summed E-state index contributed by atoms with van der Waals surface area (Å²) < 4.78 is 14.9. The molecule has 9 nitrogen and oxygen atoms in total. The van der Waals surface area contributed by atoms with E-state index < -0.39 is 0 Å². The Hall–Kier alpha value is -2.91. The number of likely N-dealkylation sites (tertiary alicyclic amines) is 1. The van der Waals surface area contributed by atoms with Gasteiger partial charge in [-0.15, -0.1) is 0 Å². The van der Waals surface area contributed by atoms with Crippen LogP contribution in [0.4, 0.5) is 5.82 Å². The highest BCUT2D eigenvalue weighted by Gasteiger charge is 2.26. The number of anilines is 1. The van der Waals surface area contributed by atoms with Crippen molar-refractivity contribution in [3.8, 4) is 22.8 Å². The van der Waals surface area contributed by atoms with Crippen LogP contribution in [0.3, 0.4) is 0 Å². The molecule has 9 heteroatoms. The molecule has 1 fully saturated rings. The van der Waals surface area contributed by atoms with Gasteiger partial charge >= 0.3 is 0 Å². The van der Waals surface area contributed by atoms with E-state index in [-0.39, 0.29) is 0 Å². The number of nitrogens with zero attached hydrogens (tertiary/aromatic N) is 6. The standard InChI is InChI=1S/C23H31N7O2/c1-16(17-6-9-28(2)10-7-17)29-14-18(12-26-29)22-20-8-11-32-15-25-23(20)30(27-22)19-4-5-21(31-3)24-13-19/h4-5,12-14,16-17,25H,6-11,15H2,1-3H3/t16-/m1/s1. The first-order valence-corrected chi connectivity index (χ1v) is 11.3. The summed E-state index contributed by atoms with van der Waals surface area (Å²) in [6.45, 7) is 5.70. The number of rotatable bonds is 5. The first kappa shape index (κ1) is 21.0. The fourth-order valence-corrected chi connectivity index (χ4v) is 4.68. The van der Waals surface area contributed by atoms with E-state index in [1.807, 2.05) is 23.0 Å². The van der Waals surface area contributed by atoms with Gasteiger partial charge in [0.2, 0.25) is 5.88 Å². The van der Waals surface area contributed by atoms with E-state index in [0.717, 1.165) is 47.8 Å². The molecule has 0 radical (unpaired) electrons. The smallest absolute Gasteiger partial charge is 0.213 e. The number of hydrogen-bond acceptors (Lipinski definition) is 7. The maximum Gasteiger partial charge on any atom is 0.213 e. The molecule has 1 N–H and O–H groups in total. The Morgan fingerprint density at radius 3 is 2.81 bits per heavy atom. The Bertz CT molecular complexity index is 1050. The minimum Gasteiger partial charge on any atom is -0.481 e. The predicted octanol–water partition coefficient (Wildman–Crippen LogP) is 2.98. The van der Waals surface area contributed by atoms with Crippen LogP contribution in [-0.2, 0) is 11.2 Å². The molecule has 0 unspecified atom stereocenters. The van der Waals surface area contributed by atoms with Crippen LogP contribution in [0.1, 0.15) is 31.4 Å². The maximum atomic E-state index is 5.67. The molecule has 3 aromatic rings. The number of pyridine rings is 1. The zero-order chi connectivity index (χ0) is 22.1. The fraction of sp³-hybridized carbons (Fsp3) is 0.522. The zero-order valence-corrected chi connectivity index (χ0v) is 19.0. The Labute approximate surface area is 188 Å². The van der Waals surface area contributed by atoms with Gasteiger partial charge < -0.3 is 19.7 Å². The summed E-state index contributed by atoms with van der Waals surface area (Å²) in [5, 5.41) is 13.1. The van der Waals surface area contributed by atoms with Gasteiger partial charge in [0.05, 0.1) is 37.8 Å². The Kier molecular flexibility index (Phi) is 5.84. The van der Waals surface area contributed by atoms with Gasteiger partial charge in [-0.3, -0.25) is 4.68 Å². The van der Waals surface area contributed by atoms with Crippen molar-refractivity contribution in [2.75, 3.05) is 45.9 Å². The van der Waals surface area contributed by atoms with Gasteiger partial charge in [0.15, 0.2) is 0 Å². The Morgan fingerprint density at radius 2 is 2.06 bits per heavy atom. The zero-order valence-electron chi connectivity index (χ0n) is 19.0. The number of fused-ring (bicyclic) bond motifs is 1. The molecule has 2 aliphatic heterocycles. The van der Waals surface area contributed by atoms with Crippen LogP contribution in [0.15, 0.2) is 30.7 Å². The number of piperidine rings is 1. The first-order valence-electron chi connectivity index (χ1n) is 11.3. The van der Waals surface area contributed by atoms with Crippen molar-refractivity contribution in [3.05, 3.63) is 36.3 Å². The molecule has 0 spiro atoms. The quantitative estimate of drug-likeness (QED) is 0.657. The van der Waals surface area contributed by atoms with E-state index in [9.17, 15) is 0 Å². The Balaban J connectivity index is 1.48. The van der Waals surface area contributed by atoms with Gasteiger partial charge in [-0.1, -0.05) is 0 Å². The van der Waals surface area contributed by atoms with Gasteiger partial charge in [-0.25, -0.2) is 9.67 Å². The van der Waals surface area contributed by atoms with E-state index in [0.29, 0.717) is 31.2 Å². The van der Waals surface area contributed by atoms with Crippen LogP contribution in [0.5, 0.6) is 5.88 Å². The molecule has 2 aliphatic rings. The SMILES string of the molecule is COc1ccc(-n2nc(-c3cnn([C@H](C)C4CCN(C)CC4)c3)c3c2NCOCC3)cn1. The highest BCUT2D eigenvalue weighted by atomic mass is 16.5. The van der Waals surface area contributed by atoms with Crippen LogP contribution < -0.4 is 10.1 Å². The van der Waals surface area contributed by atoms with Crippen molar-refractivity contribution < 1.29 is 9.47 Å². The van der Waals surface area contributed by atoms with Crippen LogP contribution >= 0.6 is 0 Å². The molecule has 0 saturated carbocycles. The lowest BCUT2D eigenvalue weighted by atomic mass is 9.91. The van der Waals surface area contributed by atoms with Crippen LogP contribution in [-0.4, -0.2) is 70.0 Å². The monoisotopic (exact) mass is 437 g/mol. The molecule has 32 heavy (non-hydrogen) atoms. The summed E-state index contributed by atoms with van der Waals surface area (Å²) in [4.78, 5) is 6.76. The summed E-state index contributed by atoms with van der Waals surface area (Å²) in [5.74, 6) is 2.17.